The van der Waals surface area contributed by atoms with Crippen molar-refractivity contribution >= 4 is 27.3 Å². The fourth-order valence-corrected chi connectivity index (χ4v) is 7.08. The number of likely N-dealkylation sites (tertiary alicyclic amines) is 1. The summed E-state index contributed by atoms with van der Waals surface area (Å²) in [6.07, 6.45) is 3.22. The van der Waals surface area contributed by atoms with Gasteiger partial charge in [-0.15, -0.1) is 11.3 Å². The summed E-state index contributed by atoms with van der Waals surface area (Å²) in [5, 5.41) is 1.78. The third kappa shape index (κ3) is 4.00. The maximum absolute atomic E-state index is 13.3. The number of benzene rings is 1. The summed E-state index contributed by atoms with van der Waals surface area (Å²) in [6, 6.07) is 10.1. The first-order valence-corrected chi connectivity index (χ1v) is 12.6. The largest absolute Gasteiger partial charge is 0.335 e. The van der Waals surface area contributed by atoms with Crippen molar-refractivity contribution in [1.29, 1.82) is 0 Å². The van der Waals surface area contributed by atoms with Gasteiger partial charge >= 0.3 is 0 Å². The molecule has 4 rings (SSSR count). The lowest BCUT2D eigenvalue weighted by molar-refractivity contribution is -0.137. The maximum atomic E-state index is 13.3. The minimum Gasteiger partial charge on any atom is -0.335 e. The lowest BCUT2D eigenvalue weighted by Crippen LogP contribution is -2.44. The highest BCUT2D eigenvalue weighted by atomic mass is 32.2. The molecular weight excluding hydrogens is 404 g/mol. The summed E-state index contributed by atoms with van der Waals surface area (Å²) in [5.74, 6) is 0.107. The molecule has 0 saturated carbocycles. The van der Waals surface area contributed by atoms with Crippen LogP contribution >= 0.6 is 11.3 Å². The summed E-state index contributed by atoms with van der Waals surface area (Å²) in [6.45, 7) is 5.85. The summed E-state index contributed by atoms with van der Waals surface area (Å²) in [4.78, 5) is 15.3. The van der Waals surface area contributed by atoms with E-state index in [0.29, 0.717) is 30.1 Å². The average Bonchev–Trinajstić information content (AvgIpc) is 3.42. The van der Waals surface area contributed by atoms with Gasteiger partial charge < -0.3 is 4.90 Å². The van der Waals surface area contributed by atoms with Crippen LogP contribution in [-0.4, -0.2) is 43.2 Å². The number of aryl methyl sites for hydroxylation is 2. The Morgan fingerprint density at radius 3 is 2.45 bits per heavy atom. The minimum absolute atomic E-state index is 0.0862. The van der Waals surface area contributed by atoms with Crippen LogP contribution in [0.5, 0.6) is 0 Å². The Hall–Kier alpha value is -1.70. The van der Waals surface area contributed by atoms with E-state index in [-0.39, 0.29) is 17.9 Å². The number of rotatable bonds is 4. The van der Waals surface area contributed by atoms with Crippen molar-refractivity contribution in [3.63, 3.8) is 0 Å². The molecule has 2 aliphatic rings. The quantitative estimate of drug-likeness (QED) is 0.730. The Morgan fingerprint density at radius 2 is 1.79 bits per heavy atom. The van der Waals surface area contributed by atoms with Crippen LogP contribution in [0, 0.1) is 19.8 Å². The van der Waals surface area contributed by atoms with E-state index in [1.54, 1.807) is 17.5 Å². The van der Waals surface area contributed by atoms with E-state index in [2.05, 4.69) is 32.0 Å². The zero-order valence-electron chi connectivity index (χ0n) is 17.0. The van der Waals surface area contributed by atoms with E-state index in [1.807, 2.05) is 4.90 Å². The van der Waals surface area contributed by atoms with Gasteiger partial charge in [0, 0.05) is 25.6 Å². The van der Waals surface area contributed by atoms with Crippen molar-refractivity contribution in [2.24, 2.45) is 5.92 Å². The Bertz CT molecular complexity index is 977. The highest BCUT2D eigenvalue weighted by Crippen LogP contribution is 2.36. The predicted octanol–water partition coefficient (Wildman–Crippen LogP) is 4.13. The van der Waals surface area contributed by atoms with Gasteiger partial charge in [-0.2, -0.15) is 4.31 Å². The summed E-state index contributed by atoms with van der Waals surface area (Å²) < 4.78 is 27.4. The molecule has 7 heteroatoms. The number of nitrogens with zero attached hydrogens (tertiary/aromatic N) is 2. The van der Waals surface area contributed by atoms with Crippen LogP contribution in [0.4, 0.5) is 0 Å². The average molecular weight is 433 g/mol. The second kappa shape index (κ2) is 8.20. The number of carbonyl (C=O) groups excluding carboxylic acids is 1. The monoisotopic (exact) mass is 432 g/mol. The van der Waals surface area contributed by atoms with Crippen molar-refractivity contribution in [1.82, 2.24) is 9.21 Å². The molecule has 2 saturated heterocycles. The molecular formula is C22H28N2O3S2. The molecule has 0 radical (unpaired) electrons. The van der Waals surface area contributed by atoms with Gasteiger partial charge in [0.1, 0.15) is 4.21 Å². The Morgan fingerprint density at radius 1 is 1.03 bits per heavy atom. The number of amides is 1. The normalized spacial score (nSPS) is 21.6. The molecule has 2 aromatic rings. The first-order chi connectivity index (χ1) is 13.9. The van der Waals surface area contributed by atoms with Gasteiger partial charge in [0.2, 0.25) is 5.91 Å². The molecule has 2 fully saturated rings. The fourth-order valence-electron chi connectivity index (χ4n) is 4.46. The van der Waals surface area contributed by atoms with Gasteiger partial charge in [-0.25, -0.2) is 8.42 Å². The van der Waals surface area contributed by atoms with E-state index < -0.39 is 10.0 Å². The molecule has 1 atom stereocenters. The smallest absolute Gasteiger partial charge is 0.252 e. The first kappa shape index (κ1) is 20.6. The third-order valence-electron chi connectivity index (χ3n) is 6.34. The van der Waals surface area contributed by atoms with E-state index in [4.69, 9.17) is 0 Å². The molecule has 0 spiro atoms. The zero-order chi connectivity index (χ0) is 20.6. The van der Waals surface area contributed by atoms with Crippen molar-refractivity contribution in [2.75, 3.05) is 19.6 Å². The van der Waals surface area contributed by atoms with E-state index in [1.165, 1.54) is 32.3 Å². The SMILES string of the molecule is Cc1ccc(C2CCCN2C(=O)C2CCN(S(=O)(=O)c3cccs3)CC2)cc1C. The Balaban J connectivity index is 1.43. The van der Waals surface area contributed by atoms with Gasteiger partial charge in [-0.05, 0) is 67.7 Å². The van der Waals surface area contributed by atoms with Crippen LogP contribution in [0.1, 0.15) is 48.4 Å². The molecule has 0 bridgehead atoms. The van der Waals surface area contributed by atoms with E-state index in [0.717, 1.165) is 19.4 Å². The third-order valence-corrected chi connectivity index (χ3v) is 9.62. The number of sulfonamides is 1. The molecule has 0 N–H and O–H groups in total. The first-order valence-electron chi connectivity index (χ1n) is 10.3. The topological polar surface area (TPSA) is 57.7 Å². The highest BCUT2D eigenvalue weighted by Gasteiger charge is 2.37. The maximum Gasteiger partial charge on any atom is 0.252 e. The van der Waals surface area contributed by atoms with Gasteiger partial charge in [0.05, 0.1) is 6.04 Å². The lowest BCUT2D eigenvalue weighted by Gasteiger charge is -2.34. The number of hydrogen-bond acceptors (Lipinski definition) is 4. The fraction of sp³-hybridized carbons (Fsp3) is 0.500. The van der Waals surface area contributed by atoms with Gasteiger partial charge in [-0.3, -0.25) is 4.79 Å². The second-order valence-corrected chi connectivity index (χ2v) is 11.3. The van der Waals surface area contributed by atoms with Gasteiger partial charge in [-0.1, -0.05) is 24.3 Å². The molecule has 1 amide bonds. The van der Waals surface area contributed by atoms with Crippen LogP contribution in [-0.2, 0) is 14.8 Å². The molecule has 1 unspecified atom stereocenters. The number of thiophene rings is 1. The van der Waals surface area contributed by atoms with Gasteiger partial charge in [0.25, 0.3) is 10.0 Å². The molecule has 2 aliphatic heterocycles. The van der Waals surface area contributed by atoms with Crippen LogP contribution in [0.25, 0.3) is 0 Å². The second-order valence-electron chi connectivity index (χ2n) is 8.14. The number of hydrogen-bond donors (Lipinski definition) is 0. The minimum atomic E-state index is -3.42. The Kier molecular flexibility index (Phi) is 5.82. The lowest BCUT2D eigenvalue weighted by atomic mass is 9.94. The van der Waals surface area contributed by atoms with Crippen molar-refractivity contribution in [3.8, 4) is 0 Å². The number of carbonyl (C=O) groups is 1. The number of piperidine rings is 1. The van der Waals surface area contributed by atoms with Crippen LogP contribution in [0.15, 0.2) is 39.9 Å². The molecule has 5 nitrogen and oxygen atoms in total. The summed E-state index contributed by atoms with van der Waals surface area (Å²) in [7, 11) is -3.42. The van der Waals surface area contributed by atoms with E-state index >= 15 is 0 Å². The predicted molar refractivity (Wildman–Crippen MR) is 115 cm³/mol. The molecule has 29 heavy (non-hydrogen) atoms. The van der Waals surface area contributed by atoms with Crippen molar-refractivity contribution in [3.05, 3.63) is 52.4 Å². The van der Waals surface area contributed by atoms with Crippen LogP contribution in [0.3, 0.4) is 0 Å². The van der Waals surface area contributed by atoms with Crippen LogP contribution in [0.2, 0.25) is 0 Å². The van der Waals surface area contributed by atoms with Crippen molar-refractivity contribution in [2.45, 2.75) is 49.8 Å². The summed E-state index contributed by atoms with van der Waals surface area (Å²) >= 11 is 1.25. The molecule has 1 aromatic carbocycles. The van der Waals surface area contributed by atoms with Crippen molar-refractivity contribution < 1.29 is 13.2 Å². The van der Waals surface area contributed by atoms with E-state index in [9.17, 15) is 13.2 Å². The zero-order valence-corrected chi connectivity index (χ0v) is 18.6. The molecule has 3 heterocycles. The molecule has 156 valence electrons. The highest BCUT2D eigenvalue weighted by molar-refractivity contribution is 7.91. The van der Waals surface area contributed by atoms with Crippen LogP contribution < -0.4 is 0 Å². The molecule has 1 aromatic heterocycles. The Labute approximate surface area is 177 Å². The molecule has 0 aliphatic carbocycles. The van der Waals surface area contributed by atoms with Gasteiger partial charge in [0.15, 0.2) is 0 Å². The standard InChI is InChI=1S/C22H28N2O3S2/c1-16-7-8-19(15-17(16)2)20-5-3-11-24(20)22(25)18-9-12-23(13-10-18)29(26,27)21-6-4-14-28-21/h4,6-8,14-15,18,20H,3,5,9-13H2,1-2H3. The summed E-state index contributed by atoms with van der Waals surface area (Å²) in [5.41, 5.74) is 3.74.